The average Bonchev–Trinajstić information content (AvgIpc) is 3.58. The molecule has 7 amide bonds. The van der Waals surface area contributed by atoms with Crippen LogP contribution in [-0.2, 0) is 44.5 Å². The lowest BCUT2D eigenvalue weighted by Gasteiger charge is -2.33. The van der Waals surface area contributed by atoms with Gasteiger partial charge in [0.1, 0.15) is 36.0 Å². The fourth-order valence-corrected chi connectivity index (χ4v) is 7.17. The molecular weight excluding hydrogens is 729 g/mol. The Kier molecular flexibility index (Phi) is 16.4. The predicted molar refractivity (Wildman–Crippen MR) is 191 cm³/mol. The Morgan fingerprint density at radius 3 is 2.06 bits per heavy atom. The lowest BCUT2D eigenvalue weighted by atomic mass is 9.84. The monoisotopic (exact) mass is 781 g/mol. The van der Waals surface area contributed by atoms with E-state index in [9.17, 15) is 43.2 Å². The van der Waals surface area contributed by atoms with Crippen molar-refractivity contribution in [1.82, 2.24) is 26.2 Å². The van der Waals surface area contributed by atoms with Gasteiger partial charge >= 0.3 is 7.82 Å². The average molecular weight is 782 g/mol. The molecule has 1 aromatic rings. The Morgan fingerprint density at radius 2 is 1.50 bits per heavy atom. The third kappa shape index (κ3) is 14.0. The summed E-state index contributed by atoms with van der Waals surface area (Å²) in [7, 11) is -4.80. The van der Waals surface area contributed by atoms with Crippen LogP contribution in [0.2, 0.25) is 0 Å². The first-order valence-electron chi connectivity index (χ1n) is 17.9. The van der Waals surface area contributed by atoms with Crippen LogP contribution in [0.4, 0.5) is 0 Å². The largest absolute Gasteiger partial charge is 0.524 e. The van der Waals surface area contributed by atoms with Crippen LogP contribution in [0.1, 0.15) is 83.6 Å². The number of nitrogens with zero attached hydrogens (tertiary/aromatic N) is 1. The van der Waals surface area contributed by atoms with E-state index in [4.69, 9.17) is 21.3 Å². The van der Waals surface area contributed by atoms with Crippen molar-refractivity contribution in [3.8, 4) is 5.75 Å². The molecule has 1 aromatic carbocycles. The van der Waals surface area contributed by atoms with Crippen LogP contribution in [0, 0.1) is 5.92 Å². The highest BCUT2D eigenvalue weighted by molar-refractivity contribution is 7.46. The van der Waals surface area contributed by atoms with Crippen LogP contribution >= 0.6 is 7.82 Å². The van der Waals surface area contributed by atoms with E-state index in [2.05, 4.69) is 25.8 Å². The first kappa shape index (κ1) is 43.8. The molecule has 6 atom stereocenters. The molecule has 1 saturated heterocycles. The van der Waals surface area contributed by atoms with E-state index in [1.165, 1.54) is 43.0 Å². The number of nitrogens with one attached hydrogen (secondary N) is 4. The van der Waals surface area contributed by atoms with Gasteiger partial charge in [-0.3, -0.25) is 43.3 Å². The summed E-state index contributed by atoms with van der Waals surface area (Å²) in [5.74, 6) is -5.14. The van der Waals surface area contributed by atoms with Crippen LogP contribution in [-0.4, -0.2) is 104 Å². The third-order valence-corrected chi connectivity index (χ3v) is 9.88. The number of phosphoric acid groups is 1. The summed E-state index contributed by atoms with van der Waals surface area (Å²) < 4.78 is 15.8. The molecule has 2 aliphatic rings. The van der Waals surface area contributed by atoms with Gasteiger partial charge in [0.05, 0.1) is 6.10 Å². The van der Waals surface area contributed by atoms with Gasteiger partial charge in [0.15, 0.2) is 0 Å². The van der Waals surface area contributed by atoms with E-state index in [0.717, 1.165) is 32.1 Å². The highest BCUT2D eigenvalue weighted by Gasteiger charge is 2.40. The standard InChI is InChI=1S/C34H52N7O12P/c1-19(42)29(30(36)45)40-31(46)24(14-15-28(35)44)38-33(48)27-9-6-16-41(27)34(49)26(18-21-7-4-3-5-8-21)39-32(47)25(37-20(2)43)17-22-10-12-23(13-11-22)53-54(50,51)52/h10-13,19,21,24-27,29,42H,3-9,14-18H2,1-2H3,(H2,35,44)(H2,36,45)(H,37,43)(H,38,48)(H,39,47)(H,40,46)(H2,50,51,52)/t19?,24-,25-,26-,27-,29-/m0/s1. The summed E-state index contributed by atoms with van der Waals surface area (Å²) in [5.41, 5.74) is 11.1. The Labute approximate surface area is 312 Å². The SMILES string of the molecule is CC(=O)N[C@@H](Cc1ccc(OP(=O)(O)O)cc1)C(=O)N[C@@H](CC1CCCCC1)C(=O)N1CCC[C@H]1C(=O)N[C@@H](CCC(N)=O)C(=O)N[C@H](C(N)=O)C(C)O. The molecule has 0 aromatic heterocycles. The number of primary amides is 2. The van der Waals surface area contributed by atoms with Crippen molar-refractivity contribution in [2.75, 3.05) is 6.54 Å². The molecular formula is C34H52N7O12P. The van der Waals surface area contributed by atoms with Gasteiger partial charge in [0.25, 0.3) is 0 Å². The summed E-state index contributed by atoms with van der Waals surface area (Å²) in [6.45, 7) is 2.63. The zero-order valence-electron chi connectivity index (χ0n) is 30.4. The topological polar surface area (TPSA) is 310 Å². The van der Waals surface area contributed by atoms with Gasteiger partial charge in [-0.25, -0.2) is 4.57 Å². The first-order chi connectivity index (χ1) is 25.3. The summed E-state index contributed by atoms with van der Waals surface area (Å²) in [6.07, 6.45) is 3.56. The molecule has 2 fully saturated rings. The minimum Gasteiger partial charge on any atom is -0.404 e. The number of hydrogen-bond donors (Lipinski definition) is 9. The fraction of sp³-hybridized carbons (Fsp3) is 0.618. The number of aliphatic hydroxyl groups is 1. The zero-order valence-corrected chi connectivity index (χ0v) is 31.3. The lowest BCUT2D eigenvalue weighted by Crippen LogP contribution is -2.60. The predicted octanol–water partition coefficient (Wildman–Crippen LogP) is -1.25. The highest BCUT2D eigenvalue weighted by atomic mass is 31.2. The van der Waals surface area contributed by atoms with Crippen LogP contribution < -0.4 is 37.3 Å². The minimum absolute atomic E-state index is 0.0406. The van der Waals surface area contributed by atoms with Crippen molar-refractivity contribution in [2.45, 2.75) is 121 Å². The van der Waals surface area contributed by atoms with Crippen LogP contribution in [0.15, 0.2) is 24.3 Å². The molecule has 1 heterocycles. The number of hydrogen-bond acceptors (Lipinski definition) is 10. The van der Waals surface area contributed by atoms with Gasteiger partial charge < -0.3 is 47.3 Å². The van der Waals surface area contributed by atoms with Gasteiger partial charge in [-0.05, 0) is 56.2 Å². The molecule has 300 valence electrons. The van der Waals surface area contributed by atoms with Gasteiger partial charge in [-0.2, -0.15) is 0 Å². The number of carbonyl (C=O) groups excluding carboxylic acids is 7. The molecule has 0 spiro atoms. The number of aliphatic hydroxyl groups excluding tert-OH is 1. The van der Waals surface area contributed by atoms with Gasteiger partial charge in [-0.1, -0.05) is 44.2 Å². The van der Waals surface area contributed by atoms with Crippen molar-refractivity contribution in [2.24, 2.45) is 17.4 Å². The van der Waals surface area contributed by atoms with Crippen molar-refractivity contribution in [3.05, 3.63) is 29.8 Å². The molecule has 1 saturated carbocycles. The molecule has 20 heteroatoms. The lowest BCUT2D eigenvalue weighted by molar-refractivity contribution is -0.143. The van der Waals surface area contributed by atoms with E-state index < -0.39 is 85.5 Å². The number of rotatable bonds is 19. The molecule has 1 aliphatic carbocycles. The van der Waals surface area contributed by atoms with Crippen LogP contribution in [0.3, 0.4) is 0 Å². The van der Waals surface area contributed by atoms with Gasteiger partial charge in [0.2, 0.25) is 41.4 Å². The number of carbonyl (C=O) groups is 7. The normalized spacial score (nSPS) is 19.0. The smallest absolute Gasteiger partial charge is 0.404 e. The maximum absolute atomic E-state index is 14.3. The van der Waals surface area contributed by atoms with Crippen LogP contribution in [0.5, 0.6) is 5.75 Å². The number of phosphoric ester groups is 1. The quantitative estimate of drug-likeness (QED) is 0.0745. The second-order valence-electron chi connectivity index (χ2n) is 13.9. The van der Waals surface area contributed by atoms with E-state index in [1.54, 1.807) is 0 Å². The number of benzene rings is 1. The molecule has 0 bridgehead atoms. The summed E-state index contributed by atoms with van der Waals surface area (Å²) >= 11 is 0. The second-order valence-corrected chi connectivity index (χ2v) is 15.0. The Morgan fingerprint density at radius 1 is 0.870 bits per heavy atom. The van der Waals surface area contributed by atoms with Gasteiger partial charge in [0, 0.05) is 26.3 Å². The Bertz CT molecular complexity index is 1560. The van der Waals surface area contributed by atoms with Crippen molar-refractivity contribution in [3.63, 3.8) is 0 Å². The highest BCUT2D eigenvalue weighted by Crippen LogP contribution is 2.37. The van der Waals surface area contributed by atoms with Crippen molar-refractivity contribution < 1.29 is 57.5 Å². The maximum Gasteiger partial charge on any atom is 0.524 e. The number of amides is 7. The summed E-state index contributed by atoms with van der Waals surface area (Å²) in [5, 5.41) is 20.2. The minimum atomic E-state index is -4.80. The van der Waals surface area contributed by atoms with E-state index in [1.807, 2.05) is 0 Å². The van der Waals surface area contributed by atoms with Gasteiger partial charge in [-0.15, -0.1) is 0 Å². The molecule has 1 unspecified atom stereocenters. The first-order valence-corrected chi connectivity index (χ1v) is 19.5. The van der Waals surface area contributed by atoms with Crippen LogP contribution in [0.25, 0.3) is 0 Å². The number of likely N-dealkylation sites (tertiary alicyclic amines) is 1. The second kappa shape index (κ2) is 20.2. The summed E-state index contributed by atoms with van der Waals surface area (Å²) in [4.78, 5) is 110. The Hall–Kier alpha value is -4.58. The fourth-order valence-electron chi connectivity index (χ4n) is 6.77. The van der Waals surface area contributed by atoms with E-state index in [-0.39, 0.29) is 50.3 Å². The van der Waals surface area contributed by atoms with Crippen molar-refractivity contribution >= 4 is 49.2 Å². The molecule has 11 N–H and O–H groups in total. The third-order valence-electron chi connectivity index (χ3n) is 9.43. The Balaban J connectivity index is 1.83. The molecule has 54 heavy (non-hydrogen) atoms. The summed E-state index contributed by atoms with van der Waals surface area (Å²) in [6, 6.07) is -0.602. The molecule has 3 rings (SSSR count). The zero-order chi connectivity index (χ0) is 40.2. The van der Waals surface area contributed by atoms with E-state index >= 15 is 0 Å². The van der Waals surface area contributed by atoms with Crippen molar-refractivity contribution in [1.29, 1.82) is 0 Å². The molecule has 1 aliphatic heterocycles. The molecule has 19 nitrogen and oxygen atoms in total. The molecule has 0 radical (unpaired) electrons. The number of nitrogens with two attached hydrogens (primary N) is 2. The maximum atomic E-state index is 14.3. The van der Waals surface area contributed by atoms with E-state index in [0.29, 0.717) is 12.0 Å².